The van der Waals surface area contributed by atoms with Crippen LogP contribution in [0, 0.1) is 10.2 Å². The Hall–Kier alpha value is -1.16. The van der Waals surface area contributed by atoms with E-state index >= 15 is 0 Å². The van der Waals surface area contributed by atoms with E-state index in [0.717, 1.165) is 16.8 Å². The van der Waals surface area contributed by atoms with Crippen LogP contribution in [0.3, 0.4) is 0 Å². The van der Waals surface area contributed by atoms with Crippen LogP contribution in [0.5, 0.6) is 0 Å². The normalized spacial score (nSPS) is 17.8. The summed E-state index contributed by atoms with van der Waals surface area (Å²) in [7, 11) is 0. The molecule has 0 radical (unpaired) electrons. The van der Waals surface area contributed by atoms with Crippen LogP contribution in [0.1, 0.15) is 26.2 Å². The second-order valence-corrected chi connectivity index (χ2v) is 5.15. The van der Waals surface area contributed by atoms with Crippen LogP contribution in [0.25, 0.3) is 11.0 Å². The molecule has 0 amide bonds. The molecule has 1 N–H and O–H groups in total. The molecule has 4 heteroatoms. The summed E-state index contributed by atoms with van der Waals surface area (Å²) in [6.45, 7) is 3.32. The molecule has 0 spiro atoms. The molecule has 0 aromatic carbocycles. The minimum atomic E-state index is 0.511. The third-order valence-electron chi connectivity index (χ3n) is 3.78. The second kappa shape index (κ2) is 3.42. The Labute approximate surface area is 99.5 Å². The van der Waals surface area contributed by atoms with Crippen molar-refractivity contribution in [2.75, 3.05) is 0 Å². The van der Waals surface area contributed by atoms with Crippen LogP contribution in [-0.2, 0) is 6.54 Å². The van der Waals surface area contributed by atoms with E-state index in [2.05, 4.69) is 21.5 Å². The van der Waals surface area contributed by atoms with Gasteiger partial charge in [0.05, 0.1) is 17.2 Å². The molecule has 3 nitrogen and oxygen atoms in total. The number of pyridine rings is 1. The van der Waals surface area contributed by atoms with E-state index < -0.39 is 0 Å². The monoisotopic (exact) mass is 233 g/mol. The summed E-state index contributed by atoms with van der Waals surface area (Å²) in [4.78, 5) is 7.33. The summed E-state index contributed by atoms with van der Waals surface area (Å²) in [5.74, 6) is 0. The number of rotatable bonds is 3. The smallest absolute Gasteiger partial charge is 0.178 e. The van der Waals surface area contributed by atoms with Crippen molar-refractivity contribution in [3.63, 3.8) is 0 Å². The van der Waals surface area contributed by atoms with Crippen LogP contribution in [0.2, 0.25) is 0 Å². The minimum absolute atomic E-state index is 0.511. The second-order valence-electron chi connectivity index (χ2n) is 4.76. The van der Waals surface area contributed by atoms with Crippen molar-refractivity contribution in [3.8, 4) is 0 Å². The van der Waals surface area contributed by atoms with Gasteiger partial charge in [-0.1, -0.05) is 6.92 Å². The number of imidazole rings is 1. The van der Waals surface area contributed by atoms with Gasteiger partial charge in [-0.3, -0.25) is 4.98 Å². The molecule has 0 aliphatic heterocycles. The largest absolute Gasteiger partial charge is 0.329 e. The summed E-state index contributed by atoms with van der Waals surface area (Å²) < 4.78 is 3.05. The van der Waals surface area contributed by atoms with Crippen LogP contribution < -0.4 is 0 Å². The lowest BCUT2D eigenvalue weighted by Crippen LogP contribution is -2.10. The summed E-state index contributed by atoms with van der Waals surface area (Å²) in [5.41, 5.74) is 2.73. The minimum Gasteiger partial charge on any atom is -0.329 e. The van der Waals surface area contributed by atoms with Crippen molar-refractivity contribution in [2.45, 2.75) is 32.7 Å². The first kappa shape index (κ1) is 10.0. The maximum atomic E-state index is 5.38. The topological polar surface area (TPSA) is 33.6 Å². The first-order chi connectivity index (χ1) is 7.74. The van der Waals surface area contributed by atoms with E-state index in [4.69, 9.17) is 12.2 Å². The zero-order valence-corrected chi connectivity index (χ0v) is 10.2. The molecule has 1 aliphatic rings. The SMILES string of the molecule is CCC1(Cn2c(=S)[nH]c3cnccc32)CC1. The fourth-order valence-electron chi connectivity index (χ4n) is 2.30. The summed E-state index contributed by atoms with van der Waals surface area (Å²) in [6, 6.07) is 2.04. The molecular formula is C12H15N3S. The molecule has 0 atom stereocenters. The molecule has 16 heavy (non-hydrogen) atoms. The van der Waals surface area contributed by atoms with Crippen LogP contribution >= 0.6 is 12.2 Å². The number of fused-ring (bicyclic) bond motifs is 1. The maximum absolute atomic E-state index is 5.38. The number of nitrogens with one attached hydrogen (secondary N) is 1. The van der Waals surface area contributed by atoms with Gasteiger partial charge < -0.3 is 9.55 Å². The van der Waals surface area contributed by atoms with E-state index in [0.29, 0.717) is 5.41 Å². The predicted molar refractivity (Wildman–Crippen MR) is 66.9 cm³/mol. The number of aromatic nitrogens is 3. The molecule has 1 fully saturated rings. The number of H-pyrrole nitrogens is 1. The third kappa shape index (κ3) is 1.48. The first-order valence-electron chi connectivity index (χ1n) is 5.77. The lowest BCUT2D eigenvalue weighted by molar-refractivity contribution is 0.412. The van der Waals surface area contributed by atoms with Gasteiger partial charge in [-0.05, 0) is 43.0 Å². The quantitative estimate of drug-likeness (QED) is 0.825. The highest BCUT2D eigenvalue weighted by molar-refractivity contribution is 7.71. The first-order valence-corrected chi connectivity index (χ1v) is 6.17. The maximum Gasteiger partial charge on any atom is 0.178 e. The summed E-state index contributed by atoms with van der Waals surface area (Å²) >= 11 is 5.38. The van der Waals surface area contributed by atoms with Crippen LogP contribution in [0.4, 0.5) is 0 Å². The molecule has 3 rings (SSSR count). The Balaban J connectivity index is 2.09. The van der Waals surface area contributed by atoms with Crippen LogP contribution in [0.15, 0.2) is 18.5 Å². The number of hydrogen-bond donors (Lipinski definition) is 1. The molecule has 2 heterocycles. The van der Waals surface area contributed by atoms with Crippen molar-refractivity contribution in [1.29, 1.82) is 0 Å². The Kier molecular flexibility index (Phi) is 2.14. The van der Waals surface area contributed by atoms with Gasteiger partial charge in [0.1, 0.15) is 0 Å². The Morgan fingerprint density at radius 2 is 2.38 bits per heavy atom. The van der Waals surface area contributed by atoms with Crippen molar-refractivity contribution in [3.05, 3.63) is 23.2 Å². The molecular weight excluding hydrogens is 218 g/mol. The summed E-state index contributed by atoms with van der Waals surface area (Å²) in [5, 5.41) is 0. The standard InChI is InChI=1S/C12H15N3S/c1-2-12(4-5-12)8-15-10-3-6-13-7-9(10)14-11(15)16/h3,6-7H,2,4-5,8H2,1H3,(H,14,16). The zero-order valence-electron chi connectivity index (χ0n) is 9.36. The van der Waals surface area contributed by atoms with Gasteiger partial charge in [0, 0.05) is 12.7 Å². The third-order valence-corrected chi connectivity index (χ3v) is 4.10. The molecule has 1 aliphatic carbocycles. The van der Waals surface area contributed by atoms with Gasteiger partial charge in [0.15, 0.2) is 4.77 Å². The van der Waals surface area contributed by atoms with E-state index in [1.807, 2.05) is 18.5 Å². The Bertz CT molecular complexity index is 577. The van der Waals surface area contributed by atoms with Crippen molar-refractivity contribution >= 4 is 23.3 Å². The number of hydrogen-bond acceptors (Lipinski definition) is 2. The lowest BCUT2D eigenvalue weighted by atomic mass is 10.0. The van der Waals surface area contributed by atoms with Gasteiger partial charge in [-0.15, -0.1) is 0 Å². The Morgan fingerprint density at radius 1 is 1.56 bits per heavy atom. The van der Waals surface area contributed by atoms with Crippen molar-refractivity contribution < 1.29 is 0 Å². The summed E-state index contributed by atoms with van der Waals surface area (Å²) in [6.07, 6.45) is 7.58. The average Bonchev–Trinajstić information content (AvgIpc) is 3.01. The van der Waals surface area contributed by atoms with Gasteiger partial charge in [0.25, 0.3) is 0 Å². The molecule has 0 bridgehead atoms. The van der Waals surface area contributed by atoms with E-state index in [1.54, 1.807) is 0 Å². The zero-order chi connectivity index (χ0) is 11.2. The molecule has 2 aromatic rings. The van der Waals surface area contributed by atoms with E-state index in [1.165, 1.54) is 24.8 Å². The van der Waals surface area contributed by atoms with Gasteiger partial charge >= 0.3 is 0 Å². The molecule has 84 valence electrons. The predicted octanol–water partition coefficient (Wildman–Crippen LogP) is 3.28. The van der Waals surface area contributed by atoms with Gasteiger partial charge in [0.2, 0.25) is 0 Å². The van der Waals surface area contributed by atoms with E-state index in [-0.39, 0.29) is 0 Å². The fourth-order valence-corrected chi connectivity index (χ4v) is 2.58. The van der Waals surface area contributed by atoms with Gasteiger partial charge in [-0.25, -0.2) is 0 Å². The van der Waals surface area contributed by atoms with Crippen molar-refractivity contribution in [1.82, 2.24) is 14.5 Å². The molecule has 1 saturated carbocycles. The highest BCUT2D eigenvalue weighted by atomic mass is 32.1. The number of nitrogens with zero attached hydrogens (tertiary/aromatic N) is 2. The number of aromatic amines is 1. The highest BCUT2D eigenvalue weighted by Crippen LogP contribution is 2.50. The fraction of sp³-hybridized carbons (Fsp3) is 0.500. The molecule has 0 unspecified atom stereocenters. The van der Waals surface area contributed by atoms with Crippen molar-refractivity contribution in [2.24, 2.45) is 5.41 Å². The molecule has 2 aromatic heterocycles. The molecule has 0 saturated heterocycles. The van der Waals surface area contributed by atoms with E-state index in [9.17, 15) is 0 Å². The lowest BCUT2D eigenvalue weighted by Gasteiger charge is -2.13. The van der Waals surface area contributed by atoms with Crippen LogP contribution in [-0.4, -0.2) is 14.5 Å². The van der Waals surface area contributed by atoms with Gasteiger partial charge in [-0.2, -0.15) is 0 Å². The average molecular weight is 233 g/mol. The highest BCUT2D eigenvalue weighted by Gasteiger charge is 2.41. The Morgan fingerprint density at radius 3 is 3.06 bits per heavy atom.